The molecule has 0 bridgehead atoms. The molecule has 0 heterocycles. The topological polar surface area (TPSA) is 21.6 Å². The molecule has 0 aliphatic carbocycles. The smallest absolute Gasteiger partial charge is 0.151 e. The maximum atomic E-state index is 5.87. The van der Waals surface area contributed by atoms with Crippen molar-refractivity contribution in [2.45, 2.75) is 31.9 Å². The van der Waals surface area contributed by atoms with Crippen molar-refractivity contribution in [1.29, 1.82) is 0 Å². The second-order valence-corrected chi connectivity index (χ2v) is 5.09. The zero-order valence-corrected chi connectivity index (χ0v) is 10.5. The summed E-state index contributed by atoms with van der Waals surface area (Å²) in [5, 5.41) is 0. The monoisotopic (exact) mass is 267 g/mol. The van der Waals surface area contributed by atoms with Crippen LogP contribution in [0.4, 0.5) is 0 Å². The molecule has 0 saturated heterocycles. The van der Waals surface area contributed by atoms with Crippen LogP contribution < -0.4 is 0 Å². The van der Waals surface area contributed by atoms with Crippen LogP contribution in [0.25, 0.3) is 0 Å². The molecule has 0 aromatic carbocycles. The van der Waals surface area contributed by atoms with Gasteiger partial charge in [0, 0.05) is 10.7 Å². The fraction of sp³-hybridized carbons (Fsp3) is 0.667. The number of rotatable bonds is 4. The van der Waals surface area contributed by atoms with Gasteiger partial charge in [-0.3, -0.25) is 4.99 Å². The van der Waals surface area contributed by atoms with Crippen molar-refractivity contribution in [2.75, 3.05) is 6.54 Å². The number of aliphatic imine (C=N–C) groups is 1. The van der Waals surface area contributed by atoms with Gasteiger partial charge in [-0.15, -0.1) is 0 Å². The van der Waals surface area contributed by atoms with Gasteiger partial charge in [-0.1, -0.05) is 18.2 Å². The van der Waals surface area contributed by atoms with Crippen molar-refractivity contribution < 1.29 is 4.74 Å². The minimum absolute atomic E-state index is 0.229. The quantitative estimate of drug-likeness (QED) is 0.566. The molecule has 76 valence electrons. The summed E-state index contributed by atoms with van der Waals surface area (Å²) < 4.78 is 6.15. The predicted octanol–water partition coefficient (Wildman–Crippen LogP) is 3.35. The molecule has 0 fully saturated rings. The minimum Gasteiger partial charge on any atom is -0.355 e. The van der Waals surface area contributed by atoms with E-state index in [1.165, 1.54) is 0 Å². The minimum atomic E-state index is -0.386. The molecule has 0 saturated carbocycles. The van der Waals surface area contributed by atoms with Crippen molar-refractivity contribution in [3.05, 3.63) is 11.1 Å². The Balaban J connectivity index is 3.76. The number of nitrogens with zero attached hydrogens (tertiary/aromatic N) is 1. The highest BCUT2D eigenvalue weighted by molar-refractivity contribution is 9.12. The molecular weight excluding hydrogens is 253 g/mol. The lowest BCUT2D eigenvalue weighted by atomic mass is 10.2. The number of halogens is 2. The highest BCUT2D eigenvalue weighted by Gasteiger charge is 2.15. The van der Waals surface area contributed by atoms with E-state index < -0.39 is 0 Å². The average molecular weight is 269 g/mol. The van der Waals surface area contributed by atoms with Gasteiger partial charge in [0.15, 0.2) is 5.56 Å². The Morgan fingerprint density at radius 1 is 1.69 bits per heavy atom. The molecule has 2 nitrogen and oxygen atoms in total. The lowest BCUT2D eigenvalue weighted by molar-refractivity contribution is -0.0184. The summed E-state index contributed by atoms with van der Waals surface area (Å²) >= 11 is 9.03. The van der Waals surface area contributed by atoms with E-state index in [2.05, 4.69) is 27.5 Å². The fourth-order valence-corrected chi connectivity index (χ4v) is 1.15. The van der Waals surface area contributed by atoms with Crippen molar-refractivity contribution in [2.24, 2.45) is 4.99 Å². The Labute approximate surface area is 93.1 Å². The van der Waals surface area contributed by atoms with Gasteiger partial charge >= 0.3 is 0 Å². The van der Waals surface area contributed by atoms with Crippen LogP contribution in [0.2, 0.25) is 0 Å². The third-order valence-corrected chi connectivity index (χ3v) is 1.39. The first kappa shape index (κ1) is 13.1. The van der Waals surface area contributed by atoms with E-state index in [4.69, 9.17) is 16.3 Å². The number of hydrogen-bond donors (Lipinski definition) is 0. The molecule has 0 aliphatic heterocycles. The molecule has 0 amide bonds. The van der Waals surface area contributed by atoms with E-state index >= 15 is 0 Å². The first-order valence-corrected chi connectivity index (χ1v) is 5.20. The van der Waals surface area contributed by atoms with Gasteiger partial charge in [0.2, 0.25) is 0 Å². The molecule has 13 heavy (non-hydrogen) atoms. The maximum Gasteiger partial charge on any atom is 0.151 e. The van der Waals surface area contributed by atoms with Crippen LogP contribution in [-0.4, -0.2) is 23.9 Å². The van der Waals surface area contributed by atoms with Crippen LogP contribution in [0.15, 0.2) is 16.1 Å². The third-order valence-electron chi connectivity index (χ3n) is 0.962. The van der Waals surface area contributed by atoms with Crippen LogP contribution in [-0.2, 0) is 4.74 Å². The fourth-order valence-electron chi connectivity index (χ4n) is 0.656. The van der Waals surface area contributed by atoms with Gasteiger partial charge in [-0.05, 0) is 36.7 Å². The van der Waals surface area contributed by atoms with E-state index in [0.29, 0.717) is 6.54 Å². The van der Waals surface area contributed by atoms with Gasteiger partial charge in [-0.2, -0.15) is 0 Å². The highest BCUT2D eigenvalue weighted by atomic mass is 79.9. The Morgan fingerprint density at radius 2 is 2.23 bits per heavy atom. The molecular formula is C9H15BrClNO. The number of hydrogen-bond acceptors (Lipinski definition) is 2. The summed E-state index contributed by atoms with van der Waals surface area (Å²) in [5.41, 5.74) is -0.615. The first-order valence-electron chi connectivity index (χ1n) is 3.97. The molecule has 0 aromatic rings. The summed E-state index contributed by atoms with van der Waals surface area (Å²) in [4.78, 5) is 4.03. The molecule has 1 atom stereocenters. The summed E-state index contributed by atoms with van der Waals surface area (Å²) in [7, 11) is 0. The van der Waals surface area contributed by atoms with E-state index in [9.17, 15) is 0 Å². The average Bonchev–Trinajstić information content (AvgIpc) is 1.81. The second-order valence-electron chi connectivity index (χ2n) is 3.58. The molecule has 4 heteroatoms. The highest BCUT2D eigenvalue weighted by Crippen LogP contribution is 2.13. The van der Waals surface area contributed by atoms with E-state index in [1.807, 2.05) is 20.8 Å². The molecule has 0 N–H and O–H groups in total. The zero-order valence-electron chi connectivity index (χ0n) is 8.18. The largest absolute Gasteiger partial charge is 0.355 e. The van der Waals surface area contributed by atoms with Crippen LogP contribution in [0.1, 0.15) is 20.8 Å². The van der Waals surface area contributed by atoms with Gasteiger partial charge in [0.05, 0.1) is 12.1 Å². The summed E-state index contributed by atoms with van der Waals surface area (Å²) in [5.74, 6) is 0. The Morgan fingerprint density at radius 3 is 2.62 bits per heavy atom. The van der Waals surface area contributed by atoms with E-state index in [1.54, 1.807) is 6.21 Å². The van der Waals surface area contributed by atoms with Crippen LogP contribution in [0, 0.1) is 0 Å². The van der Waals surface area contributed by atoms with Crippen LogP contribution in [0.3, 0.4) is 0 Å². The SMILES string of the molecule is C=C(Br)C=NCC(Cl)OC(C)(C)C. The van der Waals surface area contributed by atoms with Crippen LogP contribution in [0.5, 0.6) is 0 Å². The third kappa shape index (κ3) is 10.1. The maximum absolute atomic E-state index is 5.87. The Bertz CT molecular complexity index is 198. The summed E-state index contributed by atoms with van der Waals surface area (Å²) in [6.07, 6.45) is 1.61. The Kier molecular flexibility index (Phi) is 5.85. The molecule has 0 radical (unpaired) electrons. The van der Waals surface area contributed by atoms with Gasteiger partial charge in [-0.25, -0.2) is 0 Å². The molecule has 0 rings (SSSR count). The Hall–Kier alpha value is 0.140. The second kappa shape index (κ2) is 5.78. The zero-order chi connectivity index (χ0) is 10.5. The van der Waals surface area contributed by atoms with Crippen LogP contribution >= 0.6 is 27.5 Å². The first-order chi connectivity index (χ1) is 5.81. The molecule has 0 aromatic heterocycles. The van der Waals surface area contributed by atoms with Crippen molar-refractivity contribution in [3.63, 3.8) is 0 Å². The number of ether oxygens (including phenoxy) is 1. The van der Waals surface area contributed by atoms with Gasteiger partial charge < -0.3 is 4.74 Å². The summed E-state index contributed by atoms with van der Waals surface area (Å²) in [6.45, 7) is 9.91. The van der Waals surface area contributed by atoms with Crippen molar-refractivity contribution >= 4 is 33.7 Å². The normalized spacial score (nSPS) is 14.8. The lowest BCUT2D eigenvalue weighted by Gasteiger charge is -2.22. The van der Waals surface area contributed by atoms with E-state index in [-0.39, 0.29) is 11.2 Å². The standard InChI is InChI=1S/C9H15BrClNO/c1-7(10)5-12-6-8(11)13-9(2,3)4/h5,8H,1,6H2,2-4H3. The number of alkyl halides is 1. The summed E-state index contributed by atoms with van der Waals surface area (Å²) in [6, 6.07) is 0. The van der Waals surface area contributed by atoms with Gasteiger partial charge in [0.1, 0.15) is 0 Å². The molecule has 0 aliphatic rings. The number of allylic oxidation sites excluding steroid dienone is 1. The van der Waals surface area contributed by atoms with Crippen molar-refractivity contribution in [3.8, 4) is 0 Å². The van der Waals surface area contributed by atoms with Crippen molar-refractivity contribution in [1.82, 2.24) is 0 Å². The molecule has 1 unspecified atom stereocenters. The molecule has 0 spiro atoms. The van der Waals surface area contributed by atoms with E-state index in [0.717, 1.165) is 4.48 Å². The predicted molar refractivity (Wildman–Crippen MR) is 61.9 cm³/mol. The van der Waals surface area contributed by atoms with Gasteiger partial charge in [0.25, 0.3) is 0 Å². The lowest BCUT2D eigenvalue weighted by Crippen LogP contribution is -2.25.